The Bertz CT molecular complexity index is 1330. The lowest BCUT2D eigenvalue weighted by Gasteiger charge is -2.24. The van der Waals surface area contributed by atoms with E-state index in [0.717, 1.165) is 35.7 Å². The predicted molar refractivity (Wildman–Crippen MR) is 160 cm³/mol. The molecule has 2 heterocycles. The summed E-state index contributed by atoms with van der Waals surface area (Å²) in [5.74, 6) is -1.32. The van der Waals surface area contributed by atoms with Crippen LogP contribution in [-0.2, 0) is 11.0 Å². The van der Waals surface area contributed by atoms with Crippen LogP contribution in [0.2, 0.25) is 0 Å². The summed E-state index contributed by atoms with van der Waals surface area (Å²) in [6.45, 7) is 13.7. The second kappa shape index (κ2) is 14.9. The number of nitrogens with one attached hydrogen (secondary N) is 3. The number of hydrogen-bond acceptors (Lipinski definition) is 7. The van der Waals surface area contributed by atoms with Crippen LogP contribution in [0.5, 0.6) is 5.75 Å². The number of rotatable bonds is 10. The van der Waals surface area contributed by atoms with Crippen molar-refractivity contribution in [3.05, 3.63) is 71.6 Å². The van der Waals surface area contributed by atoms with Crippen LogP contribution in [0.4, 0.5) is 20.4 Å². The molecule has 0 saturated carbocycles. The highest BCUT2D eigenvalue weighted by Crippen LogP contribution is 2.38. The van der Waals surface area contributed by atoms with E-state index in [9.17, 15) is 13.0 Å². The number of anilines is 2. The third kappa shape index (κ3) is 8.48. The van der Waals surface area contributed by atoms with E-state index in [1.807, 2.05) is 45.9 Å². The third-order valence-electron chi connectivity index (χ3n) is 5.63. The maximum Gasteiger partial charge on any atom is 0.330 e. The first kappa shape index (κ1) is 30.5. The van der Waals surface area contributed by atoms with E-state index in [0.29, 0.717) is 39.6 Å². The molecular formula is C28H35F2N5O2S2. The van der Waals surface area contributed by atoms with Gasteiger partial charge in [-0.15, -0.1) is 0 Å². The van der Waals surface area contributed by atoms with Crippen molar-refractivity contribution >= 4 is 50.1 Å². The van der Waals surface area contributed by atoms with Gasteiger partial charge in [-0.1, -0.05) is 56.5 Å². The summed E-state index contributed by atoms with van der Waals surface area (Å²) >= 11 is 1.45. The molecule has 0 spiro atoms. The minimum atomic E-state index is -3.00. The van der Waals surface area contributed by atoms with Crippen LogP contribution in [0, 0.1) is 0 Å². The van der Waals surface area contributed by atoms with Crippen molar-refractivity contribution in [3.8, 4) is 5.75 Å². The molecular weight excluding hydrogens is 540 g/mol. The average molecular weight is 576 g/mol. The first-order valence-electron chi connectivity index (χ1n) is 12.8. The number of alkyl halides is 2. The molecule has 210 valence electrons. The van der Waals surface area contributed by atoms with E-state index in [4.69, 9.17) is 9.72 Å². The zero-order valence-corrected chi connectivity index (χ0v) is 24.2. The lowest BCUT2D eigenvalue weighted by molar-refractivity contribution is 0.244. The van der Waals surface area contributed by atoms with E-state index in [2.05, 4.69) is 26.9 Å². The maximum absolute atomic E-state index is 12.9. The number of hydrogen-bond donors (Lipinski definition) is 3. The Morgan fingerprint density at radius 2 is 1.92 bits per heavy atom. The van der Waals surface area contributed by atoms with E-state index in [1.165, 1.54) is 11.8 Å². The van der Waals surface area contributed by atoms with Crippen LogP contribution in [-0.4, -0.2) is 39.1 Å². The summed E-state index contributed by atoms with van der Waals surface area (Å²) in [4.78, 5) is 10.8. The number of aromatic nitrogens is 2. The molecule has 1 aliphatic rings. The van der Waals surface area contributed by atoms with Crippen LogP contribution >= 0.6 is 11.8 Å². The normalized spacial score (nSPS) is 16.5. The average Bonchev–Trinajstić information content (AvgIpc) is 2.94. The molecule has 2 aromatic carbocycles. The second-order valence-corrected chi connectivity index (χ2v) is 11.0. The summed E-state index contributed by atoms with van der Waals surface area (Å²) in [5, 5.41) is 8.09. The minimum Gasteiger partial charge on any atom is -0.460 e. The van der Waals surface area contributed by atoms with Crippen LogP contribution in [0.1, 0.15) is 46.2 Å². The Hall–Kier alpha value is -3.02. The van der Waals surface area contributed by atoms with Crippen molar-refractivity contribution in [1.82, 2.24) is 15.3 Å². The molecule has 4 rings (SSSR count). The molecule has 11 heteroatoms. The molecule has 0 radical (unpaired) electrons. The lowest BCUT2D eigenvalue weighted by Crippen LogP contribution is -2.38. The van der Waals surface area contributed by atoms with Crippen LogP contribution in [0.25, 0.3) is 15.7 Å². The fourth-order valence-electron chi connectivity index (χ4n) is 4.00. The van der Waals surface area contributed by atoms with Gasteiger partial charge in [-0.25, -0.2) is 14.2 Å². The molecule has 0 bridgehead atoms. The number of fused-ring (bicyclic) bond motifs is 1. The molecule has 3 N–H and O–H groups in total. The largest absolute Gasteiger partial charge is 0.460 e. The fourth-order valence-corrected chi connectivity index (χ4v) is 5.24. The molecule has 1 aliphatic heterocycles. The molecule has 0 aliphatic carbocycles. The number of benzene rings is 2. The van der Waals surface area contributed by atoms with Gasteiger partial charge < -0.3 is 15.4 Å². The maximum atomic E-state index is 12.9. The molecule has 1 saturated heterocycles. The van der Waals surface area contributed by atoms with E-state index in [-0.39, 0.29) is 6.04 Å². The zero-order valence-electron chi connectivity index (χ0n) is 22.6. The number of allylic oxidation sites excluding steroid dienone is 2. The first-order chi connectivity index (χ1) is 18.8. The SMILES string of the molecule is C=C(C)S/C(=C(\C)Oc1ccc(NS(=O)C(F)F)c2ccccc12)c1ccnc(NC2CCCNC2)n1.CC. The van der Waals surface area contributed by atoms with E-state index < -0.39 is 16.7 Å². The molecule has 7 nitrogen and oxygen atoms in total. The Balaban J connectivity index is 0.00000205. The van der Waals surface area contributed by atoms with Gasteiger partial charge >= 0.3 is 5.76 Å². The molecule has 1 aromatic heterocycles. The number of nitrogens with zero attached hydrogens (tertiary/aromatic N) is 2. The van der Waals surface area contributed by atoms with Gasteiger partial charge in [0.1, 0.15) is 11.5 Å². The van der Waals surface area contributed by atoms with Crippen molar-refractivity contribution in [2.24, 2.45) is 0 Å². The summed E-state index contributed by atoms with van der Waals surface area (Å²) in [6, 6.07) is 12.5. The van der Waals surface area contributed by atoms with Gasteiger partial charge in [-0.05, 0) is 56.3 Å². The molecule has 0 amide bonds. The highest BCUT2D eigenvalue weighted by atomic mass is 32.2. The van der Waals surface area contributed by atoms with Crippen molar-refractivity contribution < 1.29 is 17.7 Å². The van der Waals surface area contributed by atoms with Crippen molar-refractivity contribution in [2.75, 3.05) is 23.1 Å². The smallest absolute Gasteiger partial charge is 0.330 e. The molecule has 39 heavy (non-hydrogen) atoms. The Labute approximate surface area is 235 Å². The fraction of sp³-hybridized carbons (Fsp3) is 0.357. The number of piperidine rings is 1. The minimum absolute atomic E-state index is 0.264. The van der Waals surface area contributed by atoms with Gasteiger partial charge in [0.15, 0.2) is 11.0 Å². The standard InChI is InChI=1S/C26H29F2N5O2S2.C2H6/c1-16(2)36-24(22-12-14-30-26(32-22)31-18-7-6-13-29-15-18)17(3)35-23-11-10-21(33-37(34)25(27)28)19-8-4-5-9-20(19)23;1-2/h4-5,8-12,14,18,25,29,33H,1,6-7,13,15H2,2-3H3,(H,30,31,32);1-2H3/b24-17+;. The van der Waals surface area contributed by atoms with Crippen molar-refractivity contribution in [1.29, 1.82) is 0 Å². The van der Waals surface area contributed by atoms with Crippen molar-refractivity contribution in [2.45, 2.75) is 52.3 Å². The highest BCUT2D eigenvalue weighted by molar-refractivity contribution is 8.11. The van der Waals surface area contributed by atoms with E-state index in [1.54, 1.807) is 30.5 Å². The summed E-state index contributed by atoms with van der Waals surface area (Å²) < 4.78 is 46.1. The third-order valence-corrected chi connectivity index (χ3v) is 7.43. The summed E-state index contributed by atoms with van der Waals surface area (Å²) in [5.41, 5.74) is 1.03. The monoisotopic (exact) mass is 575 g/mol. The van der Waals surface area contributed by atoms with Gasteiger partial charge in [0, 0.05) is 29.6 Å². The van der Waals surface area contributed by atoms with Crippen LogP contribution in [0.15, 0.2) is 65.9 Å². The molecule has 2 atom stereocenters. The highest BCUT2D eigenvalue weighted by Gasteiger charge is 2.18. The van der Waals surface area contributed by atoms with Gasteiger partial charge in [-0.2, -0.15) is 8.78 Å². The Morgan fingerprint density at radius 1 is 1.18 bits per heavy atom. The predicted octanol–water partition coefficient (Wildman–Crippen LogP) is 7.15. The Morgan fingerprint density at radius 3 is 2.59 bits per heavy atom. The van der Waals surface area contributed by atoms with Gasteiger partial charge in [0.05, 0.1) is 16.3 Å². The number of halogens is 2. The van der Waals surface area contributed by atoms with Crippen LogP contribution in [0.3, 0.4) is 0 Å². The topological polar surface area (TPSA) is 88.2 Å². The zero-order chi connectivity index (χ0) is 28.4. The van der Waals surface area contributed by atoms with Gasteiger partial charge in [-0.3, -0.25) is 4.72 Å². The summed E-state index contributed by atoms with van der Waals surface area (Å²) in [7, 11) is -2.51. The van der Waals surface area contributed by atoms with Gasteiger partial charge in [0.2, 0.25) is 5.95 Å². The van der Waals surface area contributed by atoms with Gasteiger partial charge in [0.25, 0.3) is 0 Å². The van der Waals surface area contributed by atoms with Crippen molar-refractivity contribution in [3.63, 3.8) is 0 Å². The quantitative estimate of drug-likeness (QED) is 0.221. The molecule has 1 fully saturated rings. The first-order valence-corrected chi connectivity index (χ1v) is 14.8. The molecule has 2 unspecified atom stereocenters. The summed E-state index contributed by atoms with van der Waals surface area (Å²) in [6.07, 6.45) is 3.86. The number of thioether (sulfide) groups is 1. The number of ether oxygens (including phenoxy) is 1. The van der Waals surface area contributed by atoms with E-state index >= 15 is 0 Å². The molecule has 3 aromatic rings. The Kier molecular flexibility index (Phi) is 11.7. The lowest BCUT2D eigenvalue weighted by atomic mass is 10.1. The second-order valence-electron chi connectivity index (χ2n) is 8.56. The van der Waals surface area contributed by atoms with Crippen LogP contribution < -0.4 is 20.1 Å².